The molecule has 0 unspecified atom stereocenters. The molecule has 2 heterocycles. The van der Waals surface area contributed by atoms with E-state index in [4.69, 9.17) is 15.4 Å². The number of nitrogens with two attached hydrogens (primary N) is 1. The van der Waals surface area contributed by atoms with Crippen molar-refractivity contribution in [1.82, 2.24) is 15.4 Å². The van der Waals surface area contributed by atoms with E-state index in [1.807, 2.05) is 0 Å². The molecule has 1 fully saturated rings. The average Bonchev–Trinajstić information content (AvgIpc) is 2.98. The van der Waals surface area contributed by atoms with Crippen molar-refractivity contribution in [2.45, 2.75) is 25.4 Å². The van der Waals surface area contributed by atoms with Crippen LogP contribution >= 0.6 is 11.3 Å². The third kappa shape index (κ3) is 4.71. The van der Waals surface area contributed by atoms with E-state index >= 15 is 0 Å². The number of carbonyl (C=O) groups excluding carboxylic acids is 2. The number of nitrogens with zero attached hydrogens (tertiary/aromatic N) is 3. The summed E-state index contributed by atoms with van der Waals surface area (Å²) in [6.45, 7) is 1.90. The number of thiazole rings is 1. The molecule has 0 saturated carbocycles. The van der Waals surface area contributed by atoms with E-state index in [0.29, 0.717) is 5.06 Å². The minimum absolute atomic E-state index is 0.0268. The minimum atomic E-state index is -4.95. The Morgan fingerprint density at radius 2 is 2.14 bits per heavy atom. The van der Waals surface area contributed by atoms with Gasteiger partial charge in [-0.05, 0) is 13.8 Å². The number of β-lactam (4-membered cyclic amide) rings is 1. The fourth-order valence-electron chi connectivity index (χ4n) is 2.17. The van der Waals surface area contributed by atoms with Crippen molar-refractivity contribution in [2.75, 3.05) is 12.3 Å². The molecule has 0 aliphatic carbocycles. The zero-order valence-electron chi connectivity index (χ0n) is 14.3. The zero-order valence-corrected chi connectivity index (χ0v) is 16.0. The zero-order chi connectivity index (χ0) is 21.3. The highest BCUT2D eigenvalue weighted by Crippen LogP contribution is 2.32. The van der Waals surface area contributed by atoms with Gasteiger partial charge in [0.1, 0.15) is 11.7 Å². The van der Waals surface area contributed by atoms with Crippen LogP contribution in [0.25, 0.3) is 0 Å². The summed E-state index contributed by atoms with van der Waals surface area (Å²) < 4.78 is 34.5. The Hall–Kier alpha value is -2.82. The van der Waals surface area contributed by atoms with Crippen LogP contribution < -0.4 is 11.1 Å². The van der Waals surface area contributed by atoms with E-state index in [1.54, 1.807) is 0 Å². The van der Waals surface area contributed by atoms with Crippen molar-refractivity contribution < 1.29 is 41.6 Å². The first-order valence-corrected chi connectivity index (χ1v) is 9.52. The van der Waals surface area contributed by atoms with Crippen molar-refractivity contribution >= 4 is 50.4 Å². The molecular formula is C12H15N5O9S2. The molecule has 0 radical (unpaired) electrons. The normalized spacial score (nSPS) is 19.1. The molecule has 14 nitrogen and oxygen atoms in total. The lowest BCUT2D eigenvalue weighted by Gasteiger charge is -2.50. The number of rotatable bonds is 8. The summed E-state index contributed by atoms with van der Waals surface area (Å²) >= 11 is 0.980. The van der Waals surface area contributed by atoms with Gasteiger partial charge in [0.05, 0.1) is 5.54 Å². The molecule has 2 rings (SSSR count). The molecule has 1 saturated heterocycles. The highest BCUT2D eigenvalue weighted by molar-refractivity contribution is 7.80. The topological polar surface area (TPSA) is 211 Å². The number of oxime groups is 1. The van der Waals surface area contributed by atoms with E-state index in [9.17, 15) is 22.8 Å². The van der Waals surface area contributed by atoms with E-state index in [0.717, 1.165) is 11.3 Å². The first kappa shape index (κ1) is 21.5. The first-order valence-electron chi connectivity index (χ1n) is 7.28. The molecule has 1 atom stereocenters. The Labute approximate surface area is 161 Å². The van der Waals surface area contributed by atoms with E-state index in [1.165, 1.54) is 19.2 Å². The molecular weight excluding hydrogens is 422 g/mol. The summed E-state index contributed by atoms with van der Waals surface area (Å²) in [6, 6.07) is -1.25. The predicted octanol–water partition coefficient (Wildman–Crippen LogP) is -1.63. The van der Waals surface area contributed by atoms with Gasteiger partial charge in [0, 0.05) is 5.38 Å². The smallest absolute Gasteiger partial charge is 0.418 e. The molecule has 2 amide bonds. The van der Waals surface area contributed by atoms with Gasteiger partial charge in [-0.15, -0.1) is 15.6 Å². The Bertz CT molecular complexity index is 939. The fraction of sp³-hybridized carbons (Fsp3) is 0.417. The van der Waals surface area contributed by atoms with Gasteiger partial charge in [0.25, 0.3) is 11.8 Å². The number of carbonyl (C=O) groups is 3. The molecule has 1 aliphatic rings. The average molecular weight is 437 g/mol. The summed E-state index contributed by atoms with van der Waals surface area (Å²) in [5, 5.41) is 16.2. The van der Waals surface area contributed by atoms with Crippen LogP contribution in [0.1, 0.15) is 19.5 Å². The van der Waals surface area contributed by atoms with Gasteiger partial charge in [-0.1, -0.05) is 5.16 Å². The number of aliphatic carboxylic acids is 1. The van der Waals surface area contributed by atoms with Gasteiger partial charge in [0.15, 0.2) is 10.8 Å². The third-order valence-corrected chi connectivity index (χ3v) is 4.46. The summed E-state index contributed by atoms with van der Waals surface area (Å²) in [6.07, 6.45) is 0. The molecule has 154 valence electrons. The number of anilines is 1. The Balaban J connectivity index is 2.19. The number of nitrogens with one attached hydrogen (secondary N) is 1. The number of amides is 2. The van der Waals surface area contributed by atoms with Gasteiger partial charge in [-0.25, -0.2) is 9.78 Å². The third-order valence-electron chi connectivity index (χ3n) is 3.44. The van der Waals surface area contributed by atoms with Gasteiger partial charge < -0.3 is 21.0 Å². The van der Waals surface area contributed by atoms with Crippen LogP contribution in [0, 0.1) is 0 Å². The number of hydroxylamine groups is 2. The quantitative estimate of drug-likeness (QED) is 0.157. The van der Waals surface area contributed by atoms with E-state index in [-0.39, 0.29) is 10.8 Å². The largest absolute Gasteiger partial charge is 0.479 e. The van der Waals surface area contributed by atoms with Gasteiger partial charge in [0.2, 0.25) is 6.61 Å². The van der Waals surface area contributed by atoms with Crippen LogP contribution in [0.15, 0.2) is 10.5 Å². The highest BCUT2D eigenvalue weighted by atomic mass is 32.3. The van der Waals surface area contributed by atoms with Gasteiger partial charge in [-0.2, -0.15) is 13.5 Å². The maximum absolute atomic E-state index is 12.5. The monoisotopic (exact) mass is 437 g/mol. The number of carboxylic acid groups (broad SMARTS) is 1. The number of hydrogen-bond acceptors (Lipinski definition) is 11. The molecule has 1 aromatic heterocycles. The Morgan fingerprint density at radius 1 is 1.50 bits per heavy atom. The molecule has 5 N–H and O–H groups in total. The second-order valence-corrected chi connectivity index (χ2v) is 7.77. The number of hydrogen-bond donors (Lipinski definition) is 4. The van der Waals surface area contributed by atoms with Crippen LogP contribution in [0.3, 0.4) is 0 Å². The summed E-state index contributed by atoms with van der Waals surface area (Å²) in [4.78, 5) is 43.6. The number of nitrogen functional groups attached to an aromatic ring is 1. The summed E-state index contributed by atoms with van der Waals surface area (Å²) in [7, 11) is -4.95. The van der Waals surface area contributed by atoms with Crippen molar-refractivity contribution in [1.29, 1.82) is 0 Å². The SMILES string of the molecule is CC1(C)[C@H](NC(=O)/C(=N/OCC(=O)O)c2csc(N)n2)C(=O)N1OS(=O)(=O)O. The number of aromatic nitrogens is 1. The lowest BCUT2D eigenvalue weighted by Crippen LogP contribution is -2.76. The highest BCUT2D eigenvalue weighted by Gasteiger charge is 2.58. The lowest BCUT2D eigenvalue weighted by molar-refractivity contribution is -0.218. The van der Waals surface area contributed by atoms with Crippen LogP contribution in [-0.2, 0) is 33.9 Å². The van der Waals surface area contributed by atoms with Crippen molar-refractivity contribution in [3.05, 3.63) is 11.1 Å². The van der Waals surface area contributed by atoms with Crippen LogP contribution in [0.4, 0.5) is 5.13 Å². The predicted molar refractivity (Wildman–Crippen MR) is 92.1 cm³/mol. The molecule has 0 bridgehead atoms. The fourth-order valence-corrected chi connectivity index (χ4v) is 3.17. The van der Waals surface area contributed by atoms with Crippen molar-refractivity contribution in [2.24, 2.45) is 5.16 Å². The van der Waals surface area contributed by atoms with Crippen LogP contribution in [-0.4, -0.2) is 69.8 Å². The molecule has 0 aromatic carbocycles. The maximum atomic E-state index is 12.5. The molecule has 28 heavy (non-hydrogen) atoms. The standard InChI is InChI=1S/C12H15N5O9S2/c1-12(2)8(10(21)17(12)26-28(22,23)24)15-9(20)7(16-25-3-6(18)19)5-4-27-11(13)14-5/h4,8H,3H2,1-2H3,(H2,13,14)(H,15,20)(H,18,19)(H,22,23,24)/b16-7+/t8-/m1/s1. The summed E-state index contributed by atoms with van der Waals surface area (Å²) in [5.41, 5.74) is 3.67. The Kier molecular flexibility index (Phi) is 5.88. The molecule has 0 spiro atoms. The molecule has 1 aromatic rings. The van der Waals surface area contributed by atoms with Crippen LogP contribution in [0.5, 0.6) is 0 Å². The first-order chi connectivity index (χ1) is 12.8. The van der Waals surface area contributed by atoms with Gasteiger partial charge >= 0.3 is 16.4 Å². The molecule has 1 aliphatic heterocycles. The minimum Gasteiger partial charge on any atom is -0.479 e. The number of carboxylic acids is 1. The lowest BCUT2D eigenvalue weighted by atomic mass is 9.84. The molecule has 16 heteroatoms. The summed E-state index contributed by atoms with van der Waals surface area (Å²) in [5.74, 6) is -3.26. The second-order valence-electron chi connectivity index (χ2n) is 5.87. The van der Waals surface area contributed by atoms with Gasteiger partial charge in [-0.3, -0.25) is 14.1 Å². The second kappa shape index (κ2) is 7.66. The Morgan fingerprint density at radius 3 is 2.61 bits per heavy atom. The van der Waals surface area contributed by atoms with Crippen molar-refractivity contribution in [3.63, 3.8) is 0 Å². The maximum Gasteiger partial charge on any atom is 0.418 e. The van der Waals surface area contributed by atoms with Crippen molar-refractivity contribution in [3.8, 4) is 0 Å². The van der Waals surface area contributed by atoms with E-state index in [2.05, 4.69) is 24.6 Å². The van der Waals surface area contributed by atoms with Crippen LogP contribution in [0.2, 0.25) is 0 Å². The van der Waals surface area contributed by atoms with E-state index < -0.39 is 52.1 Å².